The first kappa shape index (κ1) is 14.4. The summed E-state index contributed by atoms with van der Waals surface area (Å²) in [6.07, 6.45) is -2.87. The fraction of sp³-hybridized carbons (Fsp3) is 0.462. The van der Waals surface area contributed by atoms with E-state index >= 15 is 0 Å². The van der Waals surface area contributed by atoms with Gasteiger partial charge in [-0.25, -0.2) is 0 Å². The normalized spacial score (nSPS) is 12.9. The van der Waals surface area contributed by atoms with Crippen molar-refractivity contribution in [3.05, 3.63) is 29.3 Å². The minimum absolute atomic E-state index is 0.0849. The summed E-state index contributed by atoms with van der Waals surface area (Å²) in [7, 11) is 0. The molecule has 0 amide bonds. The summed E-state index contributed by atoms with van der Waals surface area (Å²) in [5.41, 5.74) is -1.34. The summed E-state index contributed by atoms with van der Waals surface area (Å²) in [6.45, 7) is 3.83. The van der Waals surface area contributed by atoms with Crippen LogP contribution in [0.1, 0.15) is 37.8 Å². The van der Waals surface area contributed by atoms with Crippen molar-refractivity contribution in [3.63, 3.8) is 0 Å². The Labute approximate surface area is 104 Å². The summed E-state index contributed by atoms with van der Waals surface area (Å²) in [4.78, 5) is 0. The van der Waals surface area contributed by atoms with Gasteiger partial charge in [0.05, 0.1) is 23.3 Å². The summed E-state index contributed by atoms with van der Waals surface area (Å²) >= 11 is 0. The number of halogens is 3. The molecule has 5 heteroatoms. The molecule has 0 spiro atoms. The molecule has 0 radical (unpaired) electrons. The van der Waals surface area contributed by atoms with E-state index in [1.165, 1.54) is 6.07 Å². The Kier molecular flexibility index (Phi) is 4.60. The molecule has 1 unspecified atom stereocenters. The van der Waals surface area contributed by atoms with Crippen molar-refractivity contribution in [2.75, 3.05) is 0 Å². The fourth-order valence-electron chi connectivity index (χ4n) is 1.63. The predicted molar refractivity (Wildman–Crippen MR) is 61.2 cm³/mol. The van der Waals surface area contributed by atoms with Crippen LogP contribution >= 0.6 is 0 Å². The molecule has 0 fully saturated rings. The second-order valence-electron chi connectivity index (χ2n) is 4.03. The maximum atomic E-state index is 12.6. The predicted octanol–water partition coefficient (Wildman–Crippen LogP) is 4.14. The van der Waals surface area contributed by atoms with Crippen LogP contribution < -0.4 is 4.74 Å². The third-order valence-electron chi connectivity index (χ3n) is 2.45. The molecular weight excluding hydrogens is 243 g/mol. The topological polar surface area (TPSA) is 33.0 Å². The first-order chi connectivity index (χ1) is 8.38. The molecular formula is C13H14F3NO. The van der Waals surface area contributed by atoms with Gasteiger partial charge in [-0.3, -0.25) is 0 Å². The number of ether oxygens (including phenoxy) is 1. The monoisotopic (exact) mass is 257 g/mol. The quantitative estimate of drug-likeness (QED) is 0.811. The Balaban J connectivity index is 2.97. The van der Waals surface area contributed by atoms with Crippen molar-refractivity contribution in [2.24, 2.45) is 0 Å². The molecule has 1 aromatic rings. The van der Waals surface area contributed by atoms with E-state index < -0.39 is 17.3 Å². The molecule has 1 atom stereocenters. The second kappa shape index (κ2) is 5.76. The number of nitriles is 1. The lowest BCUT2D eigenvalue weighted by atomic mass is 10.1. The van der Waals surface area contributed by atoms with Crippen LogP contribution in [0.15, 0.2) is 18.2 Å². The first-order valence-electron chi connectivity index (χ1n) is 5.66. The molecule has 0 bridgehead atoms. The van der Waals surface area contributed by atoms with E-state index in [1.807, 2.05) is 13.8 Å². The highest BCUT2D eigenvalue weighted by Gasteiger charge is 2.33. The van der Waals surface area contributed by atoms with E-state index in [0.717, 1.165) is 25.0 Å². The van der Waals surface area contributed by atoms with Crippen molar-refractivity contribution < 1.29 is 17.9 Å². The Morgan fingerprint density at radius 1 is 1.39 bits per heavy atom. The van der Waals surface area contributed by atoms with E-state index in [0.29, 0.717) is 5.75 Å². The Hall–Kier alpha value is -1.70. The Morgan fingerprint density at radius 3 is 2.56 bits per heavy atom. The van der Waals surface area contributed by atoms with E-state index in [2.05, 4.69) is 0 Å². The van der Waals surface area contributed by atoms with Gasteiger partial charge in [0, 0.05) is 0 Å². The zero-order chi connectivity index (χ0) is 13.8. The molecule has 1 rings (SSSR count). The Bertz CT molecular complexity index is 449. The molecule has 98 valence electrons. The Morgan fingerprint density at radius 2 is 2.06 bits per heavy atom. The summed E-state index contributed by atoms with van der Waals surface area (Å²) in [5, 5.41) is 8.74. The zero-order valence-corrected chi connectivity index (χ0v) is 10.2. The second-order valence-corrected chi connectivity index (χ2v) is 4.03. The largest absolute Gasteiger partial charge is 0.491 e. The van der Waals surface area contributed by atoms with Gasteiger partial charge in [-0.15, -0.1) is 0 Å². The molecule has 2 nitrogen and oxygen atoms in total. The first-order valence-corrected chi connectivity index (χ1v) is 5.66. The van der Waals surface area contributed by atoms with Crippen LogP contribution in [-0.4, -0.2) is 6.10 Å². The van der Waals surface area contributed by atoms with E-state index in [9.17, 15) is 13.2 Å². The van der Waals surface area contributed by atoms with Crippen LogP contribution in [0.4, 0.5) is 13.2 Å². The van der Waals surface area contributed by atoms with Crippen molar-refractivity contribution in [1.82, 2.24) is 0 Å². The highest BCUT2D eigenvalue weighted by atomic mass is 19.4. The van der Waals surface area contributed by atoms with E-state index in [1.54, 1.807) is 6.07 Å². The number of alkyl halides is 3. The number of hydrogen-bond acceptors (Lipinski definition) is 2. The molecule has 0 aliphatic carbocycles. The summed E-state index contributed by atoms with van der Waals surface area (Å²) in [6, 6.07) is 4.81. The average molecular weight is 257 g/mol. The van der Waals surface area contributed by atoms with Gasteiger partial charge in [-0.05, 0) is 31.5 Å². The molecule has 0 aromatic heterocycles. The van der Waals surface area contributed by atoms with Crippen LogP contribution in [0.25, 0.3) is 0 Å². The zero-order valence-electron chi connectivity index (χ0n) is 10.2. The van der Waals surface area contributed by atoms with Crippen molar-refractivity contribution in [2.45, 2.75) is 39.0 Å². The number of hydrogen-bond donors (Lipinski definition) is 0. The average Bonchev–Trinajstić information content (AvgIpc) is 2.27. The lowest BCUT2D eigenvalue weighted by molar-refractivity contribution is -0.137. The van der Waals surface area contributed by atoms with Crippen molar-refractivity contribution >= 4 is 0 Å². The van der Waals surface area contributed by atoms with Crippen LogP contribution in [0.3, 0.4) is 0 Å². The minimum Gasteiger partial charge on any atom is -0.491 e. The third-order valence-corrected chi connectivity index (χ3v) is 2.45. The van der Waals surface area contributed by atoms with Gasteiger partial charge in [0.2, 0.25) is 0 Å². The van der Waals surface area contributed by atoms with Crippen LogP contribution in [0, 0.1) is 11.3 Å². The van der Waals surface area contributed by atoms with Gasteiger partial charge < -0.3 is 4.74 Å². The molecule has 1 aromatic carbocycles. The smallest absolute Gasteiger partial charge is 0.417 e. The van der Waals surface area contributed by atoms with Gasteiger partial charge >= 0.3 is 6.18 Å². The van der Waals surface area contributed by atoms with Crippen LogP contribution in [-0.2, 0) is 6.18 Å². The van der Waals surface area contributed by atoms with E-state index in [-0.39, 0.29) is 6.10 Å². The molecule has 0 heterocycles. The maximum Gasteiger partial charge on any atom is 0.417 e. The molecule has 0 N–H and O–H groups in total. The van der Waals surface area contributed by atoms with Crippen molar-refractivity contribution in [3.8, 4) is 11.8 Å². The van der Waals surface area contributed by atoms with Gasteiger partial charge in [-0.2, -0.15) is 18.4 Å². The number of rotatable bonds is 4. The molecule has 0 saturated carbocycles. The molecule has 18 heavy (non-hydrogen) atoms. The fourth-order valence-corrected chi connectivity index (χ4v) is 1.63. The highest BCUT2D eigenvalue weighted by Crippen LogP contribution is 2.33. The summed E-state index contributed by atoms with van der Waals surface area (Å²) < 4.78 is 43.1. The minimum atomic E-state index is -4.52. The van der Waals surface area contributed by atoms with Crippen LogP contribution in [0.5, 0.6) is 5.75 Å². The van der Waals surface area contributed by atoms with E-state index in [4.69, 9.17) is 10.00 Å². The lowest BCUT2D eigenvalue weighted by Crippen LogP contribution is -2.12. The summed E-state index contributed by atoms with van der Waals surface area (Å²) in [5.74, 6) is 0.292. The molecule has 0 aliphatic rings. The van der Waals surface area contributed by atoms with Crippen molar-refractivity contribution in [1.29, 1.82) is 5.26 Å². The molecule has 0 saturated heterocycles. The molecule has 0 aliphatic heterocycles. The number of nitrogens with zero attached hydrogens (tertiary/aromatic N) is 1. The lowest BCUT2D eigenvalue weighted by Gasteiger charge is -2.15. The standard InChI is InChI=1S/C13H14F3NO/c1-3-4-9(2)18-11-5-6-12(13(14,15)16)10(7-11)8-17/h5-7,9H,3-4H2,1-2H3. The van der Waals surface area contributed by atoms with Gasteiger partial charge in [0.1, 0.15) is 5.75 Å². The SMILES string of the molecule is CCCC(C)Oc1ccc(C(F)(F)F)c(C#N)c1. The third kappa shape index (κ3) is 3.66. The van der Waals surface area contributed by atoms with Gasteiger partial charge in [0.15, 0.2) is 0 Å². The number of benzene rings is 1. The van der Waals surface area contributed by atoms with Gasteiger partial charge in [0.25, 0.3) is 0 Å². The van der Waals surface area contributed by atoms with Crippen LogP contribution in [0.2, 0.25) is 0 Å². The van der Waals surface area contributed by atoms with Gasteiger partial charge in [-0.1, -0.05) is 13.3 Å². The highest BCUT2D eigenvalue weighted by molar-refractivity contribution is 5.44. The maximum absolute atomic E-state index is 12.6.